The number of pyridine rings is 1. The number of carbonyl (C=O) groups is 1. The van der Waals surface area contributed by atoms with Crippen LogP contribution in [0.1, 0.15) is 36.8 Å². The molecule has 0 radical (unpaired) electrons. The molecule has 0 saturated heterocycles. The number of nitrogens with zero attached hydrogens (tertiary/aromatic N) is 1. The molecule has 1 aliphatic carbocycles. The van der Waals surface area contributed by atoms with E-state index in [0.29, 0.717) is 16.3 Å². The zero-order chi connectivity index (χ0) is 20.4. The normalized spacial score (nSPS) is 14.3. The fourth-order valence-electron chi connectivity index (χ4n) is 4.01. The molecule has 0 bridgehead atoms. The zero-order valence-corrected chi connectivity index (χ0v) is 17.1. The topological polar surface area (TPSA) is 65.2 Å². The van der Waals surface area contributed by atoms with Crippen molar-refractivity contribution in [3.63, 3.8) is 0 Å². The maximum atomic E-state index is 13.1. The Labute approximate surface area is 174 Å². The molecule has 2 aromatic carbocycles. The lowest BCUT2D eigenvalue weighted by atomic mass is 10.1. The van der Waals surface area contributed by atoms with Crippen LogP contribution in [0, 0.1) is 6.92 Å². The molecular formula is C23H24ClN3O2. The summed E-state index contributed by atoms with van der Waals surface area (Å²) in [6, 6.07) is 14.9. The third-order valence-electron chi connectivity index (χ3n) is 5.52. The average molecular weight is 410 g/mol. The van der Waals surface area contributed by atoms with Crippen LogP contribution in [0.3, 0.4) is 0 Å². The van der Waals surface area contributed by atoms with Gasteiger partial charge >= 0.3 is 6.03 Å². The number of urea groups is 1. The van der Waals surface area contributed by atoms with Crippen LogP contribution in [0.5, 0.6) is 0 Å². The standard InChI is InChI=1S/C23H24ClN3O2/c1-15-9-10-16-12-17(22(28)26-21(16)11-15)14-27(20-7-2-3-8-20)23(29)25-19-6-4-5-18(24)13-19/h4-6,9-13,20H,2-3,7-8,14H2,1H3,(H,25,29)(H,26,28). The predicted molar refractivity (Wildman–Crippen MR) is 118 cm³/mol. The summed E-state index contributed by atoms with van der Waals surface area (Å²) in [4.78, 5) is 30.5. The Balaban J connectivity index is 1.63. The molecule has 2 amide bonds. The lowest BCUT2D eigenvalue weighted by molar-refractivity contribution is 0.184. The average Bonchev–Trinajstić information content (AvgIpc) is 3.20. The van der Waals surface area contributed by atoms with Crippen LogP contribution >= 0.6 is 11.6 Å². The van der Waals surface area contributed by atoms with Crippen molar-refractivity contribution in [1.82, 2.24) is 9.88 Å². The first-order valence-corrected chi connectivity index (χ1v) is 10.3. The molecule has 1 heterocycles. The highest BCUT2D eigenvalue weighted by Gasteiger charge is 2.27. The van der Waals surface area contributed by atoms with Crippen LogP contribution < -0.4 is 10.9 Å². The van der Waals surface area contributed by atoms with Crippen LogP contribution in [0.25, 0.3) is 10.9 Å². The van der Waals surface area contributed by atoms with E-state index in [4.69, 9.17) is 11.6 Å². The minimum absolute atomic E-state index is 0.127. The Morgan fingerprint density at radius 2 is 1.97 bits per heavy atom. The largest absolute Gasteiger partial charge is 0.322 e. The van der Waals surface area contributed by atoms with Gasteiger partial charge in [-0.2, -0.15) is 0 Å². The van der Waals surface area contributed by atoms with Gasteiger partial charge in [-0.1, -0.05) is 42.6 Å². The molecule has 4 rings (SSSR count). The molecule has 2 N–H and O–H groups in total. The van der Waals surface area contributed by atoms with E-state index in [1.165, 1.54) is 0 Å². The molecule has 1 aromatic heterocycles. The molecule has 0 aliphatic heterocycles. The van der Waals surface area contributed by atoms with Crippen molar-refractivity contribution in [2.75, 3.05) is 5.32 Å². The molecule has 6 heteroatoms. The molecule has 150 valence electrons. The highest BCUT2D eigenvalue weighted by Crippen LogP contribution is 2.26. The number of aromatic amines is 1. The van der Waals surface area contributed by atoms with Crippen molar-refractivity contribution >= 4 is 34.2 Å². The quantitative estimate of drug-likeness (QED) is 0.600. The van der Waals surface area contributed by atoms with Crippen LogP contribution in [0.15, 0.2) is 53.3 Å². The van der Waals surface area contributed by atoms with Crippen molar-refractivity contribution in [3.8, 4) is 0 Å². The third-order valence-corrected chi connectivity index (χ3v) is 5.76. The molecule has 1 fully saturated rings. The Morgan fingerprint density at radius 3 is 2.72 bits per heavy atom. The van der Waals surface area contributed by atoms with Gasteiger partial charge in [0, 0.05) is 27.8 Å². The zero-order valence-electron chi connectivity index (χ0n) is 16.4. The lowest BCUT2D eigenvalue weighted by Crippen LogP contribution is -2.42. The lowest BCUT2D eigenvalue weighted by Gasteiger charge is -2.29. The first kappa shape index (κ1) is 19.5. The Hall–Kier alpha value is -2.79. The van der Waals surface area contributed by atoms with Crippen molar-refractivity contribution in [1.29, 1.82) is 0 Å². The first-order valence-electron chi connectivity index (χ1n) is 9.95. The third kappa shape index (κ3) is 4.46. The second kappa shape index (κ2) is 8.29. The number of benzene rings is 2. The van der Waals surface area contributed by atoms with Gasteiger partial charge in [-0.15, -0.1) is 0 Å². The van der Waals surface area contributed by atoms with E-state index in [9.17, 15) is 9.59 Å². The number of nitrogens with one attached hydrogen (secondary N) is 2. The molecule has 29 heavy (non-hydrogen) atoms. The van der Waals surface area contributed by atoms with Crippen molar-refractivity contribution in [2.45, 2.75) is 45.2 Å². The van der Waals surface area contributed by atoms with Crippen LogP contribution in [0.2, 0.25) is 5.02 Å². The first-order chi connectivity index (χ1) is 14.0. The van der Waals surface area contributed by atoms with Gasteiger partial charge < -0.3 is 15.2 Å². The van der Waals surface area contributed by atoms with Crippen LogP contribution in [-0.2, 0) is 6.54 Å². The molecule has 3 aromatic rings. The van der Waals surface area contributed by atoms with Gasteiger partial charge in [0.2, 0.25) is 0 Å². The van der Waals surface area contributed by atoms with E-state index in [-0.39, 0.29) is 24.2 Å². The molecule has 0 unspecified atom stereocenters. The van der Waals surface area contributed by atoms with E-state index in [2.05, 4.69) is 10.3 Å². The van der Waals surface area contributed by atoms with Gasteiger partial charge in [0.1, 0.15) is 0 Å². The summed E-state index contributed by atoms with van der Waals surface area (Å²) in [7, 11) is 0. The molecular weight excluding hydrogens is 386 g/mol. The molecule has 0 spiro atoms. The molecule has 1 saturated carbocycles. The number of aromatic nitrogens is 1. The number of amides is 2. The molecule has 1 aliphatic rings. The summed E-state index contributed by atoms with van der Waals surface area (Å²) in [6.45, 7) is 2.27. The van der Waals surface area contributed by atoms with Gasteiger partial charge in [-0.05, 0) is 61.0 Å². The Bertz CT molecular complexity index is 1100. The van der Waals surface area contributed by atoms with Crippen LogP contribution in [-0.4, -0.2) is 22.0 Å². The van der Waals surface area contributed by atoms with Crippen LogP contribution in [0.4, 0.5) is 10.5 Å². The Morgan fingerprint density at radius 1 is 1.17 bits per heavy atom. The van der Waals surface area contributed by atoms with Gasteiger partial charge in [-0.3, -0.25) is 4.79 Å². The van der Waals surface area contributed by atoms with Crippen molar-refractivity contribution in [2.24, 2.45) is 0 Å². The number of aryl methyl sites for hydroxylation is 1. The SMILES string of the molecule is Cc1ccc2cc(CN(C(=O)Nc3cccc(Cl)c3)C3CCCC3)c(=O)[nH]c2c1. The summed E-state index contributed by atoms with van der Waals surface area (Å²) in [5, 5.41) is 4.47. The Kier molecular flexibility index (Phi) is 5.58. The molecule has 5 nitrogen and oxygen atoms in total. The maximum absolute atomic E-state index is 13.1. The number of rotatable bonds is 4. The summed E-state index contributed by atoms with van der Waals surface area (Å²) >= 11 is 6.04. The highest BCUT2D eigenvalue weighted by atomic mass is 35.5. The number of H-pyrrole nitrogens is 1. The van der Waals surface area contributed by atoms with Gasteiger partial charge in [0.25, 0.3) is 5.56 Å². The minimum Gasteiger partial charge on any atom is -0.322 e. The number of fused-ring (bicyclic) bond motifs is 1. The molecule has 0 atom stereocenters. The van der Waals surface area contributed by atoms with E-state index < -0.39 is 0 Å². The number of anilines is 1. The summed E-state index contributed by atoms with van der Waals surface area (Å²) < 4.78 is 0. The summed E-state index contributed by atoms with van der Waals surface area (Å²) in [5.41, 5.74) is 2.99. The number of hydrogen-bond donors (Lipinski definition) is 2. The fraction of sp³-hybridized carbons (Fsp3) is 0.304. The van der Waals surface area contributed by atoms with Crippen molar-refractivity contribution in [3.05, 3.63) is 75.0 Å². The van der Waals surface area contributed by atoms with E-state index in [1.54, 1.807) is 23.1 Å². The monoisotopic (exact) mass is 409 g/mol. The van der Waals surface area contributed by atoms with Gasteiger partial charge in [0.05, 0.1) is 6.54 Å². The van der Waals surface area contributed by atoms with Crippen molar-refractivity contribution < 1.29 is 4.79 Å². The number of halogens is 1. The van der Waals surface area contributed by atoms with E-state index in [1.807, 2.05) is 37.3 Å². The highest BCUT2D eigenvalue weighted by molar-refractivity contribution is 6.30. The van der Waals surface area contributed by atoms with Gasteiger partial charge in [-0.25, -0.2) is 4.79 Å². The van der Waals surface area contributed by atoms with E-state index in [0.717, 1.165) is 42.1 Å². The number of hydrogen-bond acceptors (Lipinski definition) is 2. The summed E-state index contributed by atoms with van der Waals surface area (Å²) in [6.07, 6.45) is 4.10. The van der Waals surface area contributed by atoms with Gasteiger partial charge in [0.15, 0.2) is 0 Å². The maximum Gasteiger partial charge on any atom is 0.322 e. The smallest absolute Gasteiger partial charge is 0.322 e. The number of carbonyl (C=O) groups excluding carboxylic acids is 1. The van der Waals surface area contributed by atoms with E-state index >= 15 is 0 Å². The fourth-order valence-corrected chi connectivity index (χ4v) is 4.20. The second-order valence-corrected chi connectivity index (χ2v) is 8.16. The predicted octanol–water partition coefficient (Wildman–Crippen LogP) is 5.47. The summed E-state index contributed by atoms with van der Waals surface area (Å²) in [5.74, 6) is 0. The minimum atomic E-state index is -0.206. The second-order valence-electron chi connectivity index (χ2n) is 7.72.